The van der Waals surface area contributed by atoms with Gasteiger partial charge < -0.3 is 10.1 Å². The maximum absolute atomic E-state index is 11.6. The van der Waals surface area contributed by atoms with E-state index in [9.17, 15) is 4.79 Å². The summed E-state index contributed by atoms with van der Waals surface area (Å²) in [5.74, 6) is -0.145. The molecule has 84 valence electrons. The zero-order chi connectivity index (χ0) is 11.5. The molecule has 1 aliphatic rings. The number of amides is 1. The van der Waals surface area contributed by atoms with Gasteiger partial charge in [0.05, 0.1) is 18.4 Å². The number of fused-ring (bicyclic) bond motifs is 1. The van der Waals surface area contributed by atoms with Crippen molar-refractivity contribution in [3.8, 4) is 0 Å². The van der Waals surface area contributed by atoms with E-state index in [4.69, 9.17) is 16.3 Å². The number of hydrogen-bond acceptors (Lipinski definition) is 2. The molecule has 0 radical (unpaired) electrons. The number of halogens is 1. The second-order valence-corrected chi connectivity index (χ2v) is 3.98. The van der Waals surface area contributed by atoms with E-state index in [2.05, 4.69) is 5.32 Å². The van der Waals surface area contributed by atoms with Gasteiger partial charge in [-0.2, -0.15) is 0 Å². The average molecular weight is 238 g/mol. The van der Waals surface area contributed by atoms with Crippen molar-refractivity contribution in [2.45, 2.75) is 13.3 Å². The fraction of sp³-hybridized carbons (Fsp3) is 0.250. The first-order valence-electron chi connectivity index (χ1n) is 5.15. The van der Waals surface area contributed by atoms with Crippen LogP contribution in [0, 0.1) is 0 Å². The van der Waals surface area contributed by atoms with E-state index in [0.29, 0.717) is 17.2 Å². The third-order valence-corrected chi connectivity index (χ3v) is 2.52. The molecule has 0 saturated heterocycles. The van der Waals surface area contributed by atoms with Crippen LogP contribution < -0.4 is 5.32 Å². The van der Waals surface area contributed by atoms with Crippen molar-refractivity contribution in [3.63, 3.8) is 0 Å². The normalized spacial score (nSPS) is 16.1. The number of ether oxygens (including phenoxy) is 1. The molecular weight excluding hydrogens is 226 g/mol. The second kappa shape index (κ2) is 4.58. The lowest BCUT2D eigenvalue weighted by Crippen LogP contribution is -2.04. The van der Waals surface area contributed by atoms with Crippen LogP contribution in [0.1, 0.15) is 18.9 Å². The zero-order valence-corrected chi connectivity index (χ0v) is 9.67. The largest absolute Gasteiger partial charge is 0.500 e. The molecule has 0 aliphatic carbocycles. The van der Waals surface area contributed by atoms with E-state index in [1.54, 1.807) is 18.2 Å². The summed E-state index contributed by atoms with van der Waals surface area (Å²) in [6, 6.07) is 5.29. The molecule has 1 N–H and O–H groups in total. The van der Waals surface area contributed by atoms with Crippen molar-refractivity contribution in [3.05, 3.63) is 35.0 Å². The highest BCUT2D eigenvalue weighted by Gasteiger charge is 2.24. The molecule has 1 aliphatic heterocycles. The first-order valence-corrected chi connectivity index (χ1v) is 5.53. The number of hydrogen-bond donors (Lipinski definition) is 1. The fourth-order valence-electron chi connectivity index (χ4n) is 1.54. The van der Waals surface area contributed by atoms with Gasteiger partial charge >= 0.3 is 0 Å². The molecule has 0 bridgehead atoms. The number of carbonyl (C=O) groups is 1. The zero-order valence-electron chi connectivity index (χ0n) is 8.92. The quantitative estimate of drug-likeness (QED) is 0.499. The summed E-state index contributed by atoms with van der Waals surface area (Å²) in [5, 5.41) is 3.36. The highest BCUT2D eigenvalue weighted by molar-refractivity contribution is 6.34. The molecule has 0 fully saturated rings. The molecule has 1 heterocycles. The minimum Gasteiger partial charge on any atom is -0.500 e. The predicted molar refractivity (Wildman–Crippen MR) is 64.3 cm³/mol. The maximum Gasteiger partial charge on any atom is 0.259 e. The Labute approximate surface area is 99.1 Å². The summed E-state index contributed by atoms with van der Waals surface area (Å²) < 4.78 is 5.27. The predicted octanol–water partition coefficient (Wildman–Crippen LogP) is 3.06. The lowest BCUT2D eigenvalue weighted by Gasteiger charge is -2.00. The Hall–Kier alpha value is -1.48. The number of nitrogens with one attached hydrogen (secondary N) is 1. The number of anilines is 1. The molecule has 16 heavy (non-hydrogen) atoms. The van der Waals surface area contributed by atoms with Crippen molar-refractivity contribution in [2.75, 3.05) is 11.9 Å². The maximum atomic E-state index is 11.6. The Kier molecular flexibility index (Phi) is 3.15. The second-order valence-electron chi connectivity index (χ2n) is 3.55. The van der Waals surface area contributed by atoms with E-state index in [-0.39, 0.29) is 5.91 Å². The Balaban J connectivity index is 2.31. The van der Waals surface area contributed by atoms with Gasteiger partial charge in [0.2, 0.25) is 0 Å². The highest BCUT2D eigenvalue weighted by Crippen LogP contribution is 2.33. The molecule has 4 heteroatoms. The summed E-state index contributed by atoms with van der Waals surface area (Å²) in [7, 11) is 0. The summed E-state index contributed by atoms with van der Waals surface area (Å²) in [6.07, 6.45) is 2.41. The Morgan fingerprint density at radius 1 is 1.50 bits per heavy atom. The van der Waals surface area contributed by atoms with Crippen LogP contribution in [0.3, 0.4) is 0 Å². The van der Waals surface area contributed by atoms with E-state index >= 15 is 0 Å². The summed E-state index contributed by atoms with van der Waals surface area (Å²) in [5.41, 5.74) is 2.11. The van der Waals surface area contributed by atoms with Crippen LogP contribution in [0.2, 0.25) is 5.02 Å². The van der Waals surface area contributed by atoms with Gasteiger partial charge in [0.15, 0.2) is 0 Å². The van der Waals surface area contributed by atoms with Crippen molar-refractivity contribution in [1.29, 1.82) is 0 Å². The smallest absolute Gasteiger partial charge is 0.259 e. The van der Waals surface area contributed by atoms with Crippen LogP contribution in [0.5, 0.6) is 0 Å². The van der Waals surface area contributed by atoms with Crippen LogP contribution in [-0.4, -0.2) is 12.5 Å². The van der Waals surface area contributed by atoms with Crippen molar-refractivity contribution < 1.29 is 9.53 Å². The van der Waals surface area contributed by atoms with Gasteiger partial charge in [0, 0.05) is 16.3 Å². The standard InChI is InChI=1S/C12H12ClNO2/c1-2-5-16-7-10-9-6-8(13)3-4-11(9)14-12(10)15/h3-4,6-7H,2,5H2,1H3,(H,14,15)/b10-7+. The number of benzene rings is 1. The van der Waals surface area contributed by atoms with Crippen molar-refractivity contribution in [2.24, 2.45) is 0 Å². The van der Waals surface area contributed by atoms with Gasteiger partial charge in [-0.1, -0.05) is 18.5 Å². The Morgan fingerprint density at radius 3 is 3.06 bits per heavy atom. The van der Waals surface area contributed by atoms with Gasteiger partial charge in [-0.25, -0.2) is 0 Å². The molecular formula is C12H12ClNO2. The molecule has 1 amide bonds. The SMILES string of the molecule is CCCO/C=C1/C(=O)Nc2ccc(Cl)cc21. The Morgan fingerprint density at radius 2 is 2.31 bits per heavy atom. The average Bonchev–Trinajstić information content (AvgIpc) is 2.56. The molecule has 0 aromatic heterocycles. The molecule has 0 spiro atoms. The Bertz CT molecular complexity index is 454. The van der Waals surface area contributed by atoms with Crippen LogP contribution in [0.25, 0.3) is 5.57 Å². The van der Waals surface area contributed by atoms with E-state index < -0.39 is 0 Å². The molecule has 1 aromatic carbocycles. The van der Waals surface area contributed by atoms with Crippen LogP contribution in [-0.2, 0) is 9.53 Å². The first-order chi connectivity index (χ1) is 7.72. The molecule has 3 nitrogen and oxygen atoms in total. The molecule has 1 aromatic rings. The minimum atomic E-state index is -0.145. The van der Waals surface area contributed by atoms with Crippen molar-refractivity contribution >= 4 is 28.8 Å². The van der Waals surface area contributed by atoms with E-state index in [1.165, 1.54) is 6.26 Å². The molecule has 0 atom stereocenters. The van der Waals surface area contributed by atoms with Gasteiger partial charge in [-0.3, -0.25) is 4.79 Å². The monoisotopic (exact) mass is 237 g/mol. The van der Waals surface area contributed by atoms with E-state index in [1.807, 2.05) is 6.92 Å². The van der Waals surface area contributed by atoms with Gasteiger partial charge in [-0.05, 0) is 24.6 Å². The molecule has 0 saturated carbocycles. The summed E-state index contributed by atoms with van der Waals surface area (Å²) >= 11 is 5.89. The van der Waals surface area contributed by atoms with Gasteiger partial charge in [-0.15, -0.1) is 0 Å². The summed E-state index contributed by atoms with van der Waals surface area (Å²) in [6.45, 7) is 2.62. The van der Waals surface area contributed by atoms with Gasteiger partial charge in [0.1, 0.15) is 0 Å². The fourth-order valence-corrected chi connectivity index (χ4v) is 1.71. The highest BCUT2D eigenvalue weighted by atomic mass is 35.5. The third-order valence-electron chi connectivity index (χ3n) is 2.29. The van der Waals surface area contributed by atoms with E-state index in [0.717, 1.165) is 17.7 Å². The summed E-state index contributed by atoms with van der Waals surface area (Å²) in [4.78, 5) is 11.6. The first kappa shape index (κ1) is 11.0. The molecule has 0 unspecified atom stereocenters. The van der Waals surface area contributed by atoms with Crippen LogP contribution in [0.4, 0.5) is 5.69 Å². The minimum absolute atomic E-state index is 0.145. The molecule has 2 rings (SSSR count). The van der Waals surface area contributed by atoms with Crippen LogP contribution >= 0.6 is 11.6 Å². The third kappa shape index (κ3) is 2.04. The lowest BCUT2D eigenvalue weighted by molar-refractivity contribution is -0.110. The number of rotatable bonds is 3. The lowest BCUT2D eigenvalue weighted by atomic mass is 10.1. The van der Waals surface area contributed by atoms with Crippen LogP contribution in [0.15, 0.2) is 24.5 Å². The number of carbonyl (C=O) groups excluding carboxylic acids is 1. The topological polar surface area (TPSA) is 38.3 Å². The van der Waals surface area contributed by atoms with Crippen molar-refractivity contribution in [1.82, 2.24) is 0 Å². The van der Waals surface area contributed by atoms with Gasteiger partial charge in [0.25, 0.3) is 5.91 Å².